The van der Waals surface area contributed by atoms with Gasteiger partial charge in [0.05, 0.1) is 6.61 Å². The molecule has 0 unspecified atom stereocenters. The van der Waals surface area contributed by atoms with Gasteiger partial charge >= 0.3 is 0 Å². The highest BCUT2D eigenvalue weighted by molar-refractivity contribution is 5.75. The molecule has 1 aliphatic rings. The van der Waals surface area contributed by atoms with E-state index in [0.717, 1.165) is 36.3 Å². The quantitative estimate of drug-likeness (QED) is 0.713. The number of hydrogen-bond acceptors (Lipinski definition) is 1. The number of hydrogen-bond donors (Lipinski definition) is 0. The first kappa shape index (κ1) is 12.6. The minimum atomic E-state index is -0.332. The smallest absolute Gasteiger partial charge is 0.123 e. The summed E-state index contributed by atoms with van der Waals surface area (Å²) in [7, 11) is 0. The van der Waals surface area contributed by atoms with E-state index in [9.17, 15) is 4.39 Å². The maximum absolute atomic E-state index is 13.3. The van der Waals surface area contributed by atoms with Crippen molar-refractivity contribution in [3.63, 3.8) is 0 Å². The van der Waals surface area contributed by atoms with Crippen LogP contribution in [-0.2, 0) is 6.42 Å². The van der Waals surface area contributed by atoms with Gasteiger partial charge in [-0.15, -0.1) is 0 Å². The molecule has 0 aliphatic carbocycles. The summed E-state index contributed by atoms with van der Waals surface area (Å²) in [6, 6.07) is 6.05. The second-order valence-electron chi connectivity index (χ2n) is 4.25. The van der Waals surface area contributed by atoms with E-state index >= 15 is 0 Å². The molecule has 0 amide bonds. The Hall–Kier alpha value is -1.83. The molecular weight excluding hydrogens is 227 g/mol. The lowest BCUT2D eigenvalue weighted by molar-refractivity contribution is 0.288. The summed E-state index contributed by atoms with van der Waals surface area (Å²) in [5, 5.41) is 0. The average molecular weight is 244 g/mol. The van der Waals surface area contributed by atoms with Crippen LogP contribution < -0.4 is 4.74 Å². The van der Waals surface area contributed by atoms with Gasteiger partial charge in [0.1, 0.15) is 11.6 Å². The standard InChI is InChI=1S/C16H17FO/c1-3-12(10-15(17)4-2)14-8-7-13-6-5-9-18-16(13)11-14/h3-4,7-8,10-11H,2,5-6,9H2,1H3/b12-3+,15-10+. The third kappa shape index (κ3) is 2.70. The Kier molecular flexibility index (Phi) is 3.98. The molecule has 18 heavy (non-hydrogen) atoms. The molecular formula is C16H17FO. The highest BCUT2D eigenvalue weighted by atomic mass is 19.1. The van der Waals surface area contributed by atoms with Gasteiger partial charge in [0.15, 0.2) is 0 Å². The number of halogens is 1. The number of rotatable bonds is 3. The van der Waals surface area contributed by atoms with E-state index in [1.165, 1.54) is 17.7 Å². The molecule has 1 nitrogen and oxygen atoms in total. The monoisotopic (exact) mass is 244 g/mol. The van der Waals surface area contributed by atoms with Gasteiger partial charge in [0.2, 0.25) is 0 Å². The fourth-order valence-corrected chi connectivity index (χ4v) is 2.06. The van der Waals surface area contributed by atoms with E-state index in [2.05, 4.69) is 12.6 Å². The lowest BCUT2D eigenvalue weighted by Gasteiger charge is -2.18. The van der Waals surface area contributed by atoms with Crippen LogP contribution in [0.3, 0.4) is 0 Å². The zero-order valence-corrected chi connectivity index (χ0v) is 10.6. The van der Waals surface area contributed by atoms with Gasteiger partial charge in [-0.3, -0.25) is 0 Å². The van der Waals surface area contributed by atoms with E-state index < -0.39 is 0 Å². The summed E-state index contributed by atoms with van der Waals surface area (Å²) in [6.45, 7) is 6.07. The Labute approximate surface area is 107 Å². The van der Waals surface area contributed by atoms with Gasteiger partial charge in [-0.05, 0) is 54.7 Å². The zero-order chi connectivity index (χ0) is 13.0. The summed E-state index contributed by atoms with van der Waals surface area (Å²) in [4.78, 5) is 0. The molecule has 0 spiro atoms. The van der Waals surface area contributed by atoms with Crippen LogP contribution in [0.2, 0.25) is 0 Å². The van der Waals surface area contributed by atoms with E-state index in [1.807, 2.05) is 25.1 Å². The average Bonchev–Trinajstić information content (AvgIpc) is 2.44. The second kappa shape index (κ2) is 5.67. The molecule has 1 aliphatic heterocycles. The van der Waals surface area contributed by atoms with Crippen LogP contribution in [0.15, 0.2) is 48.8 Å². The van der Waals surface area contributed by atoms with Gasteiger partial charge in [0, 0.05) is 0 Å². The molecule has 0 N–H and O–H groups in total. The SMILES string of the molecule is C=C/C(F)=C\C(=C/C)c1ccc2c(c1)OCCC2. The minimum absolute atomic E-state index is 0.332. The Morgan fingerprint density at radius 3 is 3.00 bits per heavy atom. The zero-order valence-electron chi connectivity index (χ0n) is 10.6. The van der Waals surface area contributed by atoms with Crippen molar-refractivity contribution in [1.82, 2.24) is 0 Å². The molecule has 0 saturated carbocycles. The normalized spacial score (nSPS) is 15.9. The maximum Gasteiger partial charge on any atom is 0.123 e. The molecule has 0 radical (unpaired) electrons. The largest absolute Gasteiger partial charge is 0.493 e. The fraction of sp³-hybridized carbons (Fsp3) is 0.250. The Morgan fingerprint density at radius 2 is 2.28 bits per heavy atom. The topological polar surface area (TPSA) is 9.23 Å². The third-order valence-corrected chi connectivity index (χ3v) is 3.05. The summed E-state index contributed by atoms with van der Waals surface area (Å²) in [5.74, 6) is 0.590. The third-order valence-electron chi connectivity index (χ3n) is 3.05. The van der Waals surface area contributed by atoms with E-state index in [-0.39, 0.29) is 5.83 Å². The number of allylic oxidation sites excluding steroid dienone is 5. The van der Waals surface area contributed by atoms with Crippen molar-refractivity contribution in [2.24, 2.45) is 0 Å². The molecule has 1 heterocycles. The molecule has 0 aromatic heterocycles. The van der Waals surface area contributed by atoms with Crippen LogP contribution in [0.25, 0.3) is 5.57 Å². The van der Waals surface area contributed by atoms with Crippen molar-refractivity contribution in [3.05, 3.63) is 60.0 Å². The molecule has 2 rings (SSSR count). The van der Waals surface area contributed by atoms with Crippen molar-refractivity contribution in [1.29, 1.82) is 0 Å². The molecule has 0 bridgehead atoms. The van der Waals surface area contributed by atoms with Crippen LogP contribution in [0.5, 0.6) is 5.75 Å². The first-order valence-electron chi connectivity index (χ1n) is 6.16. The highest BCUT2D eigenvalue weighted by Crippen LogP contribution is 2.29. The predicted octanol–water partition coefficient (Wildman–Crippen LogP) is 4.45. The number of fused-ring (bicyclic) bond motifs is 1. The Balaban J connectivity index is 2.35. The Bertz CT molecular complexity index is 512. The van der Waals surface area contributed by atoms with Crippen LogP contribution in [0.4, 0.5) is 4.39 Å². The van der Waals surface area contributed by atoms with Crippen molar-refractivity contribution < 1.29 is 9.13 Å². The molecule has 2 heteroatoms. The minimum Gasteiger partial charge on any atom is -0.493 e. The van der Waals surface area contributed by atoms with Gasteiger partial charge in [-0.1, -0.05) is 24.8 Å². The molecule has 94 valence electrons. The number of ether oxygens (including phenoxy) is 1. The molecule has 1 aromatic carbocycles. The first-order valence-corrected chi connectivity index (χ1v) is 6.16. The van der Waals surface area contributed by atoms with Gasteiger partial charge in [0.25, 0.3) is 0 Å². The highest BCUT2D eigenvalue weighted by Gasteiger charge is 2.11. The van der Waals surface area contributed by atoms with Crippen molar-refractivity contribution in [2.45, 2.75) is 19.8 Å². The fourth-order valence-electron chi connectivity index (χ4n) is 2.06. The van der Waals surface area contributed by atoms with Gasteiger partial charge < -0.3 is 4.74 Å². The molecule has 0 saturated heterocycles. The second-order valence-corrected chi connectivity index (χ2v) is 4.25. The summed E-state index contributed by atoms with van der Waals surface area (Å²) in [6.07, 6.45) is 6.69. The van der Waals surface area contributed by atoms with E-state index in [1.54, 1.807) is 0 Å². The van der Waals surface area contributed by atoms with E-state index in [4.69, 9.17) is 4.74 Å². The first-order chi connectivity index (χ1) is 8.74. The van der Waals surface area contributed by atoms with Gasteiger partial charge in [-0.25, -0.2) is 4.39 Å². The van der Waals surface area contributed by atoms with Crippen molar-refractivity contribution in [2.75, 3.05) is 6.61 Å². The Morgan fingerprint density at radius 1 is 1.44 bits per heavy atom. The summed E-state index contributed by atoms with van der Waals surface area (Å²) in [5.41, 5.74) is 3.04. The van der Waals surface area contributed by atoms with Crippen LogP contribution in [-0.4, -0.2) is 6.61 Å². The van der Waals surface area contributed by atoms with E-state index in [0.29, 0.717) is 0 Å². The van der Waals surface area contributed by atoms with Crippen LogP contribution in [0, 0.1) is 0 Å². The number of benzene rings is 1. The van der Waals surface area contributed by atoms with Crippen molar-refractivity contribution >= 4 is 5.57 Å². The molecule has 1 aromatic rings. The lowest BCUT2D eigenvalue weighted by atomic mass is 9.99. The summed E-state index contributed by atoms with van der Waals surface area (Å²) < 4.78 is 18.9. The summed E-state index contributed by atoms with van der Waals surface area (Å²) >= 11 is 0. The number of aryl methyl sites for hydroxylation is 1. The maximum atomic E-state index is 13.3. The van der Waals surface area contributed by atoms with Crippen LogP contribution >= 0.6 is 0 Å². The van der Waals surface area contributed by atoms with Crippen LogP contribution in [0.1, 0.15) is 24.5 Å². The molecule has 0 atom stereocenters. The predicted molar refractivity (Wildman–Crippen MR) is 73.3 cm³/mol. The van der Waals surface area contributed by atoms with Gasteiger partial charge in [-0.2, -0.15) is 0 Å². The molecule has 0 fully saturated rings. The lowest BCUT2D eigenvalue weighted by Crippen LogP contribution is -2.08. The van der Waals surface area contributed by atoms with Crippen molar-refractivity contribution in [3.8, 4) is 5.75 Å².